The standard InChI is InChI=1S/C40H48N2/c1-38(2,3)30-24-31(28-17-16-26-12-8-9-13-27(26)22-28)37(42-36-15-11-10-14-35(36)41)32(25-30)29-18-19-33-34(23-29)40(6,7)21-20-39(33,4)5/h10-11,14-19,22-25,42H,8-9,12-13,20-21,41H2,1-7H3/i8D2,9D2,12D2,13D2. The average Bonchev–Trinajstić information content (AvgIpc) is 3.02. The molecule has 0 spiro atoms. The SMILES string of the molecule is [2H]C1([2H])c2ccc(-c3cc(C(C)(C)C)cc(-c4ccc5c(c4)C(C)(C)CCC5(C)C)c3Nc3ccccc3N)cc2C([2H])([2H])C([2H])([2H])C1([2H])[2H]. The molecule has 218 valence electrons. The van der Waals surface area contributed by atoms with Crippen LogP contribution in [0.1, 0.15) is 113 Å². The van der Waals surface area contributed by atoms with Crippen LogP contribution in [0.15, 0.2) is 72.8 Å². The van der Waals surface area contributed by atoms with Crippen molar-refractivity contribution in [1.82, 2.24) is 0 Å². The van der Waals surface area contributed by atoms with Crippen molar-refractivity contribution >= 4 is 17.1 Å². The summed E-state index contributed by atoms with van der Waals surface area (Å²) in [5, 5.41) is 3.62. The second-order valence-corrected chi connectivity index (χ2v) is 14.2. The van der Waals surface area contributed by atoms with Gasteiger partial charge in [0.05, 0.1) is 17.1 Å². The first-order valence-corrected chi connectivity index (χ1v) is 15.0. The number of para-hydroxylation sites is 2. The number of anilines is 3. The van der Waals surface area contributed by atoms with Crippen LogP contribution in [0, 0.1) is 0 Å². The van der Waals surface area contributed by atoms with Crippen LogP contribution in [0.5, 0.6) is 0 Å². The summed E-state index contributed by atoms with van der Waals surface area (Å²) in [6.07, 6.45) is -9.73. The maximum atomic E-state index is 8.89. The van der Waals surface area contributed by atoms with Crippen molar-refractivity contribution in [3.8, 4) is 22.3 Å². The average molecular weight is 565 g/mol. The van der Waals surface area contributed by atoms with Gasteiger partial charge in [-0.25, -0.2) is 0 Å². The molecule has 0 bridgehead atoms. The highest BCUT2D eigenvalue weighted by atomic mass is 14.9. The third kappa shape index (κ3) is 5.26. The fourth-order valence-electron chi connectivity index (χ4n) is 6.29. The van der Waals surface area contributed by atoms with Gasteiger partial charge in [-0.05, 0) is 118 Å². The normalized spacial score (nSPS) is 24.9. The van der Waals surface area contributed by atoms with Crippen molar-refractivity contribution < 1.29 is 11.0 Å². The minimum Gasteiger partial charge on any atom is -0.397 e. The van der Waals surface area contributed by atoms with E-state index in [1.807, 2.05) is 24.3 Å². The smallest absolute Gasteiger partial charge is 0.0618 e. The van der Waals surface area contributed by atoms with E-state index in [0.717, 1.165) is 35.2 Å². The minimum atomic E-state index is -3.16. The molecule has 0 atom stereocenters. The molecule has 0 saturated carbocycles. The highest BCUT2D eigenvalue weighted by Crippen LogP contribution is 2.49. The van der Waals surface area contributed by atoms with E-state index in [9.17, 15) is 0 Å². The van der Waals surface area contributed by atoms with Crippen LogP contribution in [0.2, 0.25) is 0 Å². The molecule has 0 aliphatic heterocycles. The molecule has 0 aromatic heterocycles. The quantitative estimate of drug-likeness (QED) is 0.242. The van der Waals surface area contributed by atoms with Crippen LogP contribution in [0.4, 0.5) is 17.1 Å². The molecule has 0 unspecified atom stereocenters. The first kappa shape index (κ1) is 20.4. The number of nitrogens with one attached hydrogen (secondary N) is 1. The number of nitrogen functional groups attached to an aromatic ring is 1. The molecule has 2 aliphatic rings. The molecule has 2 aliphatic carbocycles. The number of nitrogens with two attached hydrogens (primary N) is 1. The van der Waals surface area contributed by atoms with Crippen molar-refractivity contribution in [2.45, 2.75) is 103 Å². The van der Waals surface area contributed by atoms with Crippen LogP contribution >= 0.6 is 0 Å². The Kier molecular flexibility index (Phi) is 5.02. The summed E-state index contributed by atoms with van der Waals surface area (Å²) in [5.74, 6) is 0. The highest BCUT2D eigenvalue weighted by molar-refractivity contribution is 5.95. The lowest BCUT2D eigenvalue weighted by molar-refractivity contribution is 0.332. The topological polar surface area (TPSA) is 38.0 Å². The van der Waals surface area contributed by atoms with E-state index in [-0.39, 0.29) is 27.4 Å². The van der Waals surface area contributed by atoms with Gasteiger partial charge in [0.15, 0.2) is 0 Å². The van der Waals surface area contributed by atoms with Crippen LogP contribution in [0.3, 0.4) is 0 Å². The molecule has 4 aromatic rings. The summed E-state index contributed by atoms with van der Waals surface area (Å²) in [7, 11) is 0. The third-order valence-electron chi connectivity index (χ3n) is 9.18. The molecule has 3 N–H and O–H groups in total. The fourth-order valence-corrected chi connectivity index (χ4v) is 6.29. The van der Waals surface area contributed by atoms with E-state index < -0.39 is 25.5 Å². The van der Waals surface area contributed by atoms with Crippen LogP contribution < -0.4 is 11.1 Å². The highest BCUT2D eigenvalue weighted by Gasteiger charge is 2.37. The lowest BCUT2D eigenvalue weighted by Crippen LogP contribution is -2.33. The first-order chi connectivity index (χ1) is 22.8. The molecule has 0 fully saturated rings. The molecule has 0 heterocycles. The molecular formula is C40H48N2. The lowest BCUT2D eigenvalue weighted by atomic mass is 9.63. The Labute approximate surface area is 265 Å². The van der Waals surface area contributed by atoms with Crippen molar-refractivity contribution in [1.29, 1.82) is 0 Å². The van der Waals surface area contributed by atoms with Crippen molar-refractivity contribution in [2.24, 2.45) is 0 Å². The number of hydrogen-bond donors (Lipinski definition) is 2. The van der Waals surface area contributed by atoms with Gasteiger partial charge < -0.3 is 11.1 Å². The van der Waals surface area contributed by atoms with Crippen LogP contribution in [-0.4, -0.2) is 0 Å². The Bertz CT molecular complexity index is 2000. The summed E-state index contributed by atoms with van der Waals surface area (Å²) in [5.41, 5.74) is 14.6. The maximum absolute atomic E-state index is 8.89. The van der Waals surface area contributed by atoms with Gasteiger partial charge in [0.2, 0.25) is 0 Å². The molecule has 42 heavy (non-hydrogen) atoms. The number of rotatable bonds is 4. The second-order valence-electron chi connectivity index (χ2n) is 14.2. The fraction of sp³-hybridized carbons (Fsp3) is 0.400. The molecule has 0 saturated heterocycles. The molecule has 0 amide bonds. The zero-order valence-electron chi connectivity index (χ0n) is 33.9. The van der Waals surface area contributed by atoms with Crippen molar-refractivity contribution in [2.75, 3.05) is 11.1 Å². The number of aryl methyl sites for hydroxylation is 2. The van der Waals surface area contributed by atoms with Gasteiger partial charge in [0, 0.05) is 22.1 Å². The van der Waals surface area contributed by atoms with E-state index >= 15 is 0 Å². The lowest BCUT2D eigenvalue weighted by Gasteiger charge is -2.42. The van der Waals surface area contributed by atoms with E-state index in [4.69, 9.17) is 16.7 Å². The molecule has 2 nitrogen and oxygen atoms in total. The largest absolute Gasteiger partial charge is 0.397 e. The predicted molar refractivity (Wildman–Crippen MR) is 182 cm³/mol. The first-order valence-electron chi connectivity index (χ1n) is 19.0. The van der Waals surface area contributed by atoms with Gasteiger partial charge in [0.25, 0.3) is 0 Å². The molecular weight excluding hydrogens is 508 g/mol. The molecule has 6 rings (SSSR count). The van der Waals surface area contributed by atoms with E-state index in [1.54, 1.807) is 6.07 Å². The van der Waals surface area contributed by atoms with E-state index in [2.05, 4.69) is 84.1 Å². The Balaban J connectivity index is 1.69. The molecule has 2 heteroatoms. The minimum absolute atomic E-state index is 0.0319. The summed E-state index contributed by atoms with van der Waals surface area (Å²) in [6.45, 7) is 15.6. The van der Waals surface area contributed by atoms with Crippen molar-refractivity contribution in [3.63, 3.8) is 0 Å². The number of fused-ring (bicyclic) bond motifs is 2. The summed E-state index contributed by atoms with van der Waals surface area (Å²) in [6, 6.07) is 23.1. The van der Waals surface area contributed by atoms with E-state index in [0.29, 0.717) is 22.5 Å². The maximum Gasteiger partial charge on any atom is 0.0618 e. The Morgan fingerprint density at radius 3 is 1.98 bits per heavy atom. The van der Waals surface area contributed by atoms with Gasteiger partial charge in [-0.15, -0.1) is 0 Å². The van der Waals surface area contributed by atoms with Gasteiger partial charge in [-0.1, -0.05) is 97.0 Å². The second kappa shape index (κ2) is 10.3. The number of hydrogen-bond acceptors (Lipinski definition) is 2. The van der Waals surface area contributed by atoms with Crippen molar-refractivity contribution in [3.05, 3.63) is 101 Å². The Morgan fingerprint density at radius 2 is 1.31 bits per heavy atom. The van der Waals surface area contributed by atoms with Crippen LogP contribution in [0.25, 0.3) is 22.3 Å². The van der Waals surface area contributed by atoms with Gasteiger partial charge in [0.1, 0.15) is 0 Å². The third-order valence-corrected chi connectivity index (χ3v) is 9.18. The summed E-state index contributed by atoms with van der Waals surface area (Å²) in [4.78, 5) is 0. The summed E-state index contributed by atoms with van der Waals surface area (Å²) < 4.78 is 69.1. The predicted octanol–water partition coefficient (Wildman–Crippen LogP) is 10.9. The summed E-state index contributed by atoms with van der Waals surface area (Å²) >= 11 is 0. The zero-order chi connectivity index (χ0) is 37.0. The molecule has 0 radical (unpaired) electrons. The van der Waals surface area contributed by atoms with Gasteiger partial charge in [-0.3, -0.25) is 0 Å². The van der Waals surface area contributed by atoms with Crippen LogP contribution in [-0.2, 0) is 29.0 Å². The van der Waals surface area contributed by atoms with Gasteiger partial charge in [-0.2, -0.15) is 0 Å². The van der Waals surface area contributed by atoms with Gasteiger partial charge >= 0.3 is 0 Å². The number of benzene rings is 4. The zero-order valence-corrected chi connectivity index (χ0v) is 25.9. The van der Waals surface area contributed by atoms with E-state index in [1.165, 1.54) is 23.3 Å². The Hall–Kier alpha value is -3.52. The Morgan fingerprint density at radius 1 is 0.714 bits per heavy atom. The monoisotopic (exact) mass is 564 g/mol. The molecule has 4 aromatic carbocycles.